The number of halogens is 8. The summed E-state index contributed by atoms with van der Waals surface area (Å²) >= 11 is 0. The lowest BCUT2D eigenvalue weighted by Crippen LogP contribution is -2.59. The number of nitro benzene ring substituents is 3. The van der Waals surface area contributed by atoms with Gasteiger partial charge in [-0.1, -0.05) is 0 Å². The molecule has 0 unspecified atom stereocenters. The zero-order chi connectivity index (χ0) is 29.8. The van der Waals surface area contributed by atoms with Gasteiger partial charge in [0.25, 0.3) is 17.1 Å². The molecule has 0 N–H and O–H groups in total. The summed E-state index contributed by atoms with van der Waals surface area (Å²) in [5.41, 5.74) is -8.22. The van der Waals surface area contributed by atoms with Crippen LogP contribution in [0.3, 0.4) is 0 Å². The fraction of sp³-hybridized carbons (Fsp3) is 0.263. The van der Waals surface area contributed by atoms with Gasteiger partial charge in [0.2, 0.25) is 0 Å². The number of hydrogen-bond donors (Lipinski definition) is 0. The molecule has 2 aromatic rings. The van der Waals surface area contributed by atoms with Crippen LogP contribution in [-0.4, -0.2) is 57.3 Å². The van der Waals surface area contributed by atoms with Crippen LogP contribution in [-0.2, 0) is 4.74 Å². The molecule has 39 heavy (non-hydrogen) atoms. The summed E-state index contributed by atoms with van der Waals surface area (Å²) in [6.45, 7) is -2.98. The van der Waals surface area contributed by atoms with E-state index in [1.807, 2.05) is 0 Å². The first-order valence-electron chi connectivity index (χ1n) is 9.69. The van der Waals surface area contributed by atoms with E-state index < -0.39 is 102 Å². The molecule has 0 saturated heterocycles. The molecule has 0 bridgehead atoms. The molecule has 0 radical (unpaired) electrons. The van der Waals surface area contributed by atoms with Gasteiger partial charge in [-0.25, -0.2) is 13.6 Å². The van der Waals surface area contributed by atoms with E-state index in [-0.39, 0.29) is 6.07 Å². The maximum absolute atomic E-state index is 13.9. The van der Waals surface area contributed by atoms with Crippen LogP contribution < -0.4 is 0 Å². The van der Waals surface area contributed by atoms with Crippen molar-refractivity contribution in [3.8, 4) is 11.1 Å². The molecule has 0 saturated carbocycles. The average molecular weight is 573 g/mol. The van der Waals surface area contributed by atoms with Crippen LogP contribution >= 0.6 is 0 Å². The summed E-state index contributed by atoms with van der Waals surface area (Å²) in [6.07, 6.45) is -5.28. The van der Waals surface area contributed by atoms with E-state index in [0.29, 0.717) is 18.2 Å². The van der Waals surface area contributed by atoms with Gasteiger partial charge in [-0.2, -0.15) is 26.3 Å². The molecule has 0 aliphatic heterocycles. The number of hydrogen-bond acceptors (Lipinski definition) is 9. The third-order valence-corrected chi connectivity index (χ3v) is 5.34. The summed E-state index contributed by atoms with van der Waals surface area (Å²) in [5, 5.41) is 33.9. The Bertz CT molecular complexity index is 1460. The molecule has 1 aliphatic carbocycles. The Labute approximate surface area is 207 Å². The minimum Gasteiger partial charge on any atom is -0.455 e. The normalized spacial score (nSPS) is 13.2. The van der Waals surface area contributed by atoms with Crippen LogP contribution in [0.15, 0.2) is 24.3 Å². The van der Waals surface area contributed by atoms with E-state index >= 15 is 0 Å². The van der Waals surface area contributed by atoms with Crippen molar-refractivity contribution in [1.29, 1.82) is 0 Å². The van der Waals surface area contributed by atoms with Crippen LogP contribution in [0.4, 0.5) is 52.2 Å². The molecule has 1 aliphatic rings. The Morgan fingerprint density at radius 3 is 1.77 bits per heavy atom. The summed E-state index contributed by atoms with van der Waals surface area (Å²) in [7, 11) is 0. The summed E-state index contributed by atoms with van der Waals surface area (Å²) in [6, 6.07) is 1.47. The van der Waals surface area contributed by atoms with Crippen LogP contribution in [0.5, 0.6) is 0 Å². The Kier molecular flexibility index (Phi) is 6.79. The first-order chi connectivity index (χ1) is 17.8. The average Bonchev–Trinajstić information content (AvgIpc) is 3.12. The van der Waals surface area contributed by atoms with E-state index in [4.69, 9.17) is 0 Å². The topological polar surface area (TPSA) is 173 Å². The number of benzene rings is 2. The number of rotatable bonds is 9. The van der Waals surface area contributed by atoms with Crippen molar-refractivity contribution in [3.63, 3.8) is 0 Å². The minimum atomic E-state index is -6.78. The Morgan fingerprint density at radius 2 is 1.31 bits per heavy atom. The van der Waals surface area contributed by atoms with E-state index in [2.05, 4.69) is 4.74 Å². The highest BCUT2D eigenvalue weighted by atomic mass is 19.4. The van der Waals surface area contributed by atoms with Gasteiger partial charge in [0.05, 0.1) is 32.0 Å². The fourth-order valence-corrected chi connectivity index (χ4v) is 3.50. The van der Waals surface area contributed by atoms with Crippen LogP contribution in [0, 0.1) is 30.3 Å². The van der Waals surface area contributed by atoms with Gasteiger partial charge >= 0.3 is 30.2 Å². The zero-order valence-corrected chi connectivity index (χ0v) is 18.1. The van der Waals surface area contributed by atoms with Gasteiger partial charge in [0.15, 0.2) is 12.4 Å². The molecule has 0 amide bonds. The van der Waals surface area contributed by atoms with E-state index in [1.54, 1.807) is 0 Å². The Morgan fingerprint density at radius 1 is 0.821 bits per heavy atom. The van der Waals surface area contributed by atoms with Crippen molar-refractivity contribution in [3.05, 3.63) is 71.3 Å². The lowest BCUT2D eigenvalue weighted by atomic mass is 9.97. The second-order valence-corrected chi connectivity index (χ2v) is 7.68. The standard InChI is InChI=1S/C19H7F8N3O9/c20-16(21)18(24,25)19(26,27)17(22,23)5-39-15(32)10-3-6(28(33)34)1-8-12(10)13-9(14(8)31)2-7(29(35)36)4-11(13)30(37)38/h1-4,16H,5H2. The minimum absolute atomic E-state index is 0.207. The summed E-state index contributed by atoms with van der Waals surface area (Å²) < 4.78 is 109. The summed E-state index contributed by atoms with van der Waals surface area (Å²) in [5.74, 6) is -23.1. The third kappa shape index (κ3) is 4.46. The number of nitro groups is 3. The molecule has 3 rings (SSSR count). The van der Waals surface area contributed by atoms with Crippen molar-refractivity contribution in [1.82, 2.24) is 0 Å². The van der Waals surface area contributed by atoms with Crippen molar-refractivity contribution >= 4 is 28.8 Å². The quantitative estimate of drug-likeness (QED) is 0.149. The van der Waals surface area contributed by atoms with Gasteiger partial charge < -0.3 is 4.74 Å². The maximum atomic E-state index is 13.9. The monoisotopic (exact) mass is 573 g/mol. The third-order valence-electron chi connectivity index (χ3n) is 5.34. The molecular weight excluding hydrogens is 566 g/mol. The molecule has 0 aromatic heterocycles. The maximum Gasteiger partial charge on any atom is 0.381 e. The molecule has 20 heteroatoms. The molecule has 208 valence electrons. The van der Waals surface area contributed by atoms with Gasteiger partial charge in [-0.05, 0) is 0 Å². The number of nitrogens with zero attached hydrogens (tertiary/aromatic N) is 3. The van der Waals surface area contributed by atoms with Crippen molar-refractivity contribution in [2.24, 2.45) is 0 Å². The molecule has 0 fully saturated rings. The number of ketones is 1. The zero-order valence-electron chi connectivity index (χ0n) is 18.1. The SMILES string of the molecule is O=C(OCC(F)(F)C(F)(F)C(F)(F)C(F)F)c1cc([N+](=O)[O-])cc2c1-c1c(cc([N+](=O)[O-])cc1[N+](=O)[O-])C2=O. The highest BCUT2D eigenvalue weighted by molar-refractivity contribution is 6.26. The predicted molar refractivity (Wildman–Crippen MR) is 106 cm³/mol. The molecule has 2 aromatic carbocycles. The number of carbonyl (C=O) groups excluding carboxylic acids is 2. The Balaban J connectivity index is 2.17. The molecule has 0 spiro atoms. The van der Waals surface area contributed by atoms with E-state index in [1.165, 1.54) is 0 Å². The first-order valence-corrected chi connectivity index (χ1v) is 9.69. The number of non-ortho nitro benzene ring substituents is 2. The summed E-state index contributed by atoms with van der Waals surface area (Å²) in [4.78, 5) is 55.6. The number of alkyl halides is 8. The van der Waals surface area contributed by atoms with Gasteiger partial charge in [0, 0.05) is 34.9 Å². The molecular formula is C19H7F8N3O9. The highest BCUT2D eigenvalue weighted by Crippen LogP contribution is 2.50. The number of ether oxygens (including phenoxy) is 1. The second kappa shape index (κ2) is 9.20. The largest absolute Gasteiger partial charge is 0.455 e. The molecule has 0 atom stereocenters. The van der Waals surface area contributed by atoms with Gasteiger partial charge in [0.1, 0.15) is 0 Å². The van der Waals surface area contributed by atoms with Crippen LogP contribution in [0.2, 0.25) is 0 Å². The first kappa shape index (κ1) is 28.8. The van der Waals surface area contributed by atoms with Crippen molar-refractivity contribution in [2.45, 2.75) is 24.2 Å². The fourth-order valence-electron chi connectivity index (χ4n) is 3.50. The van der Waals surface area contributed by atoms with Gasteiger partial charge in [-0.15, -0.1) is 0 Å². The second-order valence-electron chi connectivity index (χ2n) is 7.68. The number of fused-ring (bicyclic) bond motifs is 3. The van der Waals surface area contributed by atoms with Gasteiger partial charge in [-0.3, -0.25) is 35.1 Å². The number of esters is 1. The number of carbonyl (C=O) groups is 2. The van der Waals surface area contributed by atoms with Crippen molar-refractivity contribution in [2.75, 3.05) is 6.61 Å². The Hall–Kier alpha value is -4.78. The predicted octanol–water partition coefficient (Wildman–Crippen LogP) is 4.95. The lowest BCUT2D eigenvalue weighted by Gasteiger charge is -2.31. The lowest BCUT2D eigenvalue weighted by molar-refractivity contribution is -0.393. The van der Waals surface area contributed by atoms with E-state index in [0.717, 1.165) is 0 Å². The van der Waals surface area contributed by atoms with Crippen molar-refractivity contribution < 1.29 is 64.2 Å². The molecule has 0 heterocycles. The smallest absolute Gasteiger partial charge is 0.381 e. The van der Waals surface area contributed by atoms with Crippen LogP contribution in [0.1, 0.15) is 26.3 Å². The van der Waals surface area contributed by atoms with Crippen LogP contribution in [0.25, 0.3) is 11.1 Å². The molecule has 12 nitrogen and oxygen atoms in total. The highest BCUT2D eigenvalue weighted by Gasteiger charge is 2.75. The van der Waals surface area contributed by atoms with E-state index in [9.17, 15) is 75.1 Å².